The van der Waals surface area contributed by atoms with Crippen LogP contribution in [0.1, 0.15) is 31.2 Å². The number of aromatic nitrogens is 1. The second-order valence-electron chi connectivity index (χ2n) is 4.98. The first kappa shape index (κ1) is 11.2. The average Bonchev–Trinajstić information content (AvgIpc) is 2.39. The normalized spacial score (nSPS) is 28.4. The van der Waals surface area contributed by atoms with Crippen LogP contribution in [0.4, 0.5) is 0 Å². The highest BCUT2D eigenvalue weighted by atomic mass is 35.5. The van der Waals surface area contributed by atoms with Crippen LogP contribution < -0.4 is 5.32 Å². The molecule has 3 rings (SSSR count). The summed E-state index contributed by atoms with van der Waals surface area (Å²) in [5.41, 5.74) is 2.64. The Labute approximate surface area is 107 Å². The lowest BCUT2D eigenvalue weighted by Crippen LogP contribution is -2.41. The third kappa shape index (κ3) is 2.38. The molecule has 0 bridgehead atoms. The summed E-state index contributed by atoms with van der Waals surface area (Å²) in [6, 6.07) is 4.52. The number of pyridine rings is 1. The van der Waals surface area contributed by atoms with Gasteiger partial charge in [-0.15, -0.1) is 0 Å². The number of allylic oxidation sites excluding steroid dienone is 1. The Balaban J connectivity index is 1.84. The van der Waals surface area contributed by atoms with E-state index in [0.29, 0.717) is 11.2 Å². The maximum absolute atomic E-state index is 5.82. The molecule has 3 heteroatoms. The molecular formula is C14H17ClN2. The zero-order valence-corrected chi connectivity index (χ0v) is 10.6. The van der Waals surface area contributed by atoms with Gasteiger partial charge in [-0.1, -0.05) is 23.7 Å². The lowest BCUT2D eigenvalue weighted by atomic mass is 9.79. The molecule has 1 saturated heterocycles. The van der Waals surface area contributed by atoms with Crippen LogP contribution in [0.3, 0.4) is 0 Å². The molecule has 2 nitrogen and oxygen atoms in total. The van der Waals surface area contributed by atoms with E-state index >= 15 is 0 Å². The fourth-order valence-electron chi connectivity index (χ4n) is 2.95. The SMILES string of the molecule is Clc1ccc(C2=C[C@H]3NCCC[C@H]3CC2)cn1. The molecule has 1 aliphatic heterocycles. The molecule has 1 N–H and O–H groups in total. The number of hydrogen-bond donors (Lipinski definition) is 1. The van der Waals surface area contributed by atoms with Crippen LogP contribution in [0.25, 0.3) is 5.57 Å². The maximum atomic E-state index is 5.82. The van der Waals surface area contributed by atoms with Crippen molar-refractivity contribution in [3.8, 4) is 0 Å². The minimum atomic E-state index is 0.568. The predicted octanol–water partition coefficient (Wildman–Crippen LogP) is 3.28. The van der Waals surface area contributed by atoms with Crippen molar-refractivity contribution < 1.29 is 0 Å². The van der Waals surface area contributed by atoms with Gasteiger partial charge in [0.05, 0.1) is 0 Å². The van der Waals surface area contributed by atoms with E-state index in [1.165, 1.54) is 36.8 Å². The van der Waals surface area contributed by atoms with E-state index in [1.807, 2.05) is 12.3 Å². The summed E-state index contributed by atoms with van der Waals surface area (Å²) < 4.78 is 0. The summed E-state index contributed by atoms with van der Waals surface area (Å²) in [4.78, 5) is 4.16. The zero-order valence-electron chi connectivity index (χ0n) is 9.82. The van der Waals surface area contributed by atoms with Crippen molar-refractivity contribution in [2.24, 2.45) is 5.92 Å². The van der Waals surface area contributed by atoms with E-state index in [4.69, 9.17) is 11.6 Å². The van der Waals surface area contributed by atoms with Gasteiger partial charge < -0.3 is 5.32 Å². The molecule has 1 aromatic rings. The molecule has 0 amide bonds. The van der Waals surface area contributed by atoms with Crippen molar-refractivity contribution in [3.63, 3.8) is 0 Å². The number of nitrogens with one attached hydrogen (secondary N) is 1. The number of nitrogens with zero attached hydrogens (tertiary/aromatic N) is 1. The van der Waals surface area contributed by atoms with Crippen molar-refractivity contribution in [3.05, 3.63) is 35.1 Å². The highest BCUT2D eigenvalue weighted by Crippen LogP contribution is 2.34. The van der Waals surface area contributed by atoms with E-state index in [1.54, 1.807) is 0 Å². The van der Waals surface area contributed by atoms with Gasteiger partial charge in [-0.3, -0.25) is 0 Å². The Kier molecular flexibility index (Phi) is 3.17. The Bertz CT molecular complexity index is 424. The summed E-state index contributed by atoms with van der Waals surface area (Å²) in [5.74, 6) is 0.841. The van der Waals surface area contributed by atoms with Gasteiger partial charge in [0.2, 0.25) is 0 Å². The molecule has 1 aromatic heterocycles. The Hall–Kier alpha value is -0.860. The summed E-state index contributed by atoms with van der Waals surface area (Å²) in [7, 11) is 0. The molecule has 17 heavy (non-hydrogen) atoms. The molecule has 1 aliphatic carbocycles. The second kappa shape index (κ2) is 4.79. The van der Waals surface area contributed by atoms with Crippen LogP contribution in [0.2, 0.25) is 5.15 Å². The highest BCUT2D eigenvalue weighted by Gasteiger charge is 2.27. The summed E-state index contributed by atoms with van der Waals surface area (Å²) in [6.45, 7) is 1.16. The number of rotatable bonds is 1. The van der Waals surface area contributed by atoms with Gasteiger partial charge in [0.25, 0.3) is 0 Å². The van der Waals surface area contributed by atoms with Crippen LogP contribution in [-0.2, 0) is 0 Å². The highest BCUT2D eigenvalue weighted by molar-refractivity contribution is 6.29. The monoisotopic (exact) mass is 248 g/mol. The van der Waals surface area contributed by atoms with Gasteiger partial charge in [0.1, 0.15) is 5.15 Å². The molecule has 0 aromatic carbocycles. The van der Waals surface area contributed by atoms with Crippen LogP contribution >= 0.6 is 11.6 Å². The standard InChI is InChI=1S/C14H17ClN2/c15-14-6-5-12(9-17-14)11-4-3-10-2-1-7-16-13(10)8-11/h5-6,8-10,13,16H,1-4,7H2/t10-,13+/m0/s1. The number of fused-ring (bicyclic) bond motifs is 1. The van der Waals surface area contributed by atoms with Crippen LogP contribution in [0.15, 0.2) is 24.4 Å². The Morgan fingerprint density at radius 2 is 2.24 bits per heavy atom. The summed E-state index contributed by atoms with van der Waals surface area (Å²) in [6.07, 6.45) is 9.46. The van der Waals surface area contributed by atoms with Crippen molar-refractivity contribution in [2.75, 3.05) is 6.54 Å². The number of halogens is 1. The molecule has 2 atom stereocenters. The first-order valence-electron chi connectivity index (χ1n) is 6.39. The van der Waals surface area contributed by atoms with Crippen molar-refractivity contribution in [1.29, 1.82) is 0 Å². The Morgan fingerprint density at radius 1 is 1.29 bits per heavy atom. The van der Waals surface area contributed by atoms with E-state index in [2.05, 4.69) is 22.4 Å². The van der Waals surface area contributed by atoms with Crippen LogP contribution in [0.5, 0.6) is 0 Å². The van der Waals surface area contributed by atoms with Gasteiger partial charge in [-0.2, -0.15) is 0 Å². The van der Waals surface area contributed by atoms with Gasteiger partial charge in [0, 0.05) is 12.2 Å². The molecule has 90 valence electrons. The third-order valence-electron chi connectivity index (χ3n) is 3.90. The molecule has 0 spiro atoms. The van der Waals surface area contributed by atoms with Crippen molar-refractivity contribution in [1.82, 2.24) is 10.3 Å². The fourth-order valence-corrected chi connectivity index (χ4v) is 3.06. The predicted molar refractivity (Wildman–Crippen MR) is 71.0 cm³/mol. The van der Waals surface area contributed by atoms with Crippen LogP contribution in [0, 0.1) is 5.92 Å². The van der Waals surface area contributed by atoms with Crippen molar-refractivity contribution in [2.45, 2.75) is 31.7 Å². The van der Waals surface area contributed by atoms with E-state index in [9.17, 15) is 0 Å². The van der Waals surface area contributed by atoms with Gasteiger partial charge in [-0.25, -0.2) is 4.98 Å². The topological polar surface area (TPSA) is 24.9 Å². The summed E-state index contributed by atoms with van der Waals surface area (Å²) >= 11 is 5.82. The molecular weight excluding hydrogens is 232 g/mol. The number of hydrogen-bond acceptors (Lipinski definition) is 2. The molecule has 2 aliphatic rings. The minimum absolute atomic E-state index is 0.568. The quantitative estimate of drug-likeness (QED) is 0.772. The Morgan fingerprint density at radius 3 is 3.06 bits per heavy atom. The molecule has 0 saturated carbocycles. The van der Waals surface area contributed by atoms with E-state index in [0.717, 1.165) is 12.5 Å². The fraction of sp³-hybridized carbons (Fsp3) is 0.500. The first-order chi connectivity index (χ1) is 8.33. The lowest BCUT2D eigenvalue weighted by Gasteiger charge is -2.35. The van der Waals surface area contributed by atoms with Gasteiger partial charge in [-0.05, 0) is 55.3 Å². The zero-order chi connectivity index (χ0) is 11.7. The van der Waals surface area contributed by atoms with E-state index in [-0.39, 0.29) is 0 Å². The van der Waals surface area contributed by atoms with E-state index < -0.39 is 0 Å². The third-order valence-corrected chi connectivity index (χ3v) is 4.13. The number of piperidine rings is 1. The molecule has 1 fully saturated rings. The molecule has 0 radical (unpaired) electrons. The van der Waals surface area contributed by atoms with Gasteiger partial charge >= 0.3 is 0 Å². The smallest absolute Gasteiger partial charge is 0.129 e. The van der Waals surface area contributed by atoms with Crippen LogP contribution in [-0.4, -0.2) is 17.6 Å². The molecule has 2 heterocycles. The molecule has 0 unspecified atom stereocenters. The average molecular weight is 249 g/mol. The second-order valence-corrected chi connectivity index (χ2v) is 5.37. The largest absolute Gasteiger partial charge is 0.310 e. The van der Waals surface area contributed by atoms with Crippen molar-refractivity contribution >= 4 is 17.2 Å². The maximum Gasteiger partial charge on any atom is 0.129 e. The minimum Gasteiger partial charge on any atom is -0.310 e. The van der Waals surface area contributed by atoms with Gasteiger partial charge in [0.15, 0.2) is 0 Å². The summed E-state index contributed by atoms with van der Waals surface area (Å²) in [5, 5.41) is 4.18. The first-order valence-corrected chi connectivity index (χ1v) is 6.77. The lowest BCUT2D eigenvalue weighted by molar-refractivity contribution is 0.298.